The van der Waals surface area contributed by atoms with Crippen molar-refractivity contribution in [2.75, 3.05) is 26.2 Å². The van der Waals surface area contributed by atoms with E-state index < -0.39 is 0 Å². The number of amides is 2. The van der Waals surface area contributed by atoms with Crippen molar-refractivity contribution in [3.05, 3.63) is 0 Å². The molecule has 1 rings (SSSR count). The third kappa shape index (κ3) is 3.53. The van der Waals surface area contributed by atoms with E-state index in [9.17, 15) is 9.59 Å². The van der Waals surface area contributed by atoms with Crippen LogP contribution in [0.2, 0.25) is 0 Å². The number of nitrogens with one attached hydrogen (secondary N) is 1. The molecule has 5 nitrogen and oxygen atoms in total. The van der Waals surface area contributed by atoms with Crippen LogP contribution in [0.5, 0.6) is 0 Å². The van der Waals surface area contributed by atoms with Crippen LogP contribution in [0, 0.1) is 0 Å². The third-order valence-electron chi connectivity index (χ3n) is 3.47. The van der Waals surface area contributed by atoms with Crippen LogP contribution in [0.3, 0.4) is 0 Å². The summed E-state index contributed by atoms with van der Waals surface area (Å²) in [4.78, 5) is 27.2. The molecule has 0 saturated carbocycles. The third-order valence-corrected chi connectivity index (χ3v) is 3.47. The summed E-state index contributed by atoms with van der Waals surface area (Å²) in [7, 11) is 0. The fourth-order valence-corrected chi connectivity index (χ4v) is 2.41. The number of imide groups is 1. The van der Waals surface area contributed by atoms with Crippen molar-refractivity contribution in [2.24, 2.45) is 0 Å². The molecule has 1 aliphatic rings. The second-order valence-corrected chi connectivity index (χ2v) is 4.79. The Balaban J connectivity index is 2.48. The topological polar surface area (TPSA) is 52.7 Å². The fraction of sp³-hybridized carbons (Fsp3) is 0.846. The van der Waals surface area contributed by atoms with Crippen LogP contribution in [0.4, 0.5) is 0 Å². The molecule has 0 bridgehead atoms. The van der Waals surface area contributed by atoms with Crippen molar-refractivity contribution in [3.63, 3.8) is 0 Å². The number of hydrogen-bond donors (Lipinski definition) is 1. The molecule has 0 spiro atoms. The number of carbonyl (C=O) groups is 2. The van der Waals surface area contributed by atoms with E-state index in [0.29, 0.717) is 13.0 Å². The summed E-state index contributed by atoms with van der Waals surface area (Å²) in [5.74, 6) is -0.135. The normalized spacial score (nSPS) is 22.1. The van der Waals surface area contributed by atoms with Crippen LogP contribution in [0.25, 0.3) is 0 Å². The summed E-state index contributed by atoms with van der Waals surface area (Å²) >= 11 is 0. The lowest BCUT2D eigenvalue weighted by Gasteiger charge is -2.25. The van der Waals surface area contributed by atoms with E-state index in [1.165, 1.54) is 4.90 Å². The maximum Gasteiger partial charge on any atom is 0.246 e. The van der Waals surface area contributed by atoms with Crippen LogP contribution in [0.15, 0.2) is 0 Å². The predicted octanol–water partition coefficient (Wildman–Crippen LogP) is 0.454. The average Bonchev–Trinajstić information content (AvgIpc) is 2.61. The van der Waals surface area contributed by atoms with Crippen LogP contribution in [-0.2, 0) is 9.59 Å². The molecule has 1 heterocycles. The largest absolute Gasteiger partial charge is 0.302 e. The zero-order chi connectivity index (χ0) is 13.7. The molecule has 0 aromatic heterocycles. The minimum absolute atomic E-state index is 0.0601. The molecular weight excluding hydrogens is 230 g/mol. The summed E-state index contributed by atoms with van der Waals surface area (Å²) in [5.41, 5.74) is 0. The summed E-state index contributed by atoms with van der Waals surface area (Å²) in [5, 5.41) is 3.27. The number of likely N-dealkylation sites (N-methyl/N-ethyl adjacent to an activating group) is 2. The molecule has 104 valence electrons. The fourth-order valence-electron chi connectivity index (χ4n) is 2.41. The second-order valence-electron chi connectivity index (χ2n) is 4.79. The standard InChI is InChI=1S/C13H25N3O2/c1-5-15(6-2)9-10(4)14-11-8-12(17)16(7-3)13(11)18/h10-11,14H,5-9H2,1-4H3. The highest BCUT2D eigenvalue weighted by molar-refractivity contribution is 6.05. The van der Waals surface area contributed by atoms with Crippen molar-refractivity contribution in [1.82, 2.24) is 15.1 Å². The van der Waals surface area contributed by atoms with E-state index in [1.54, 1.807) is 0 Å². The number of carbonyl (C=O) groups excluding carboxylic acids is 2. The van der Waals surface area contributed by atoms with Crippen molar-refractivity contribution >= 4 is 11.8 Å². The molecule has 0 aliphatic carbocycles. The minimum atomic E-state index is -0.331. The first-order valence-electron chi connectivity index (χ1n) is 6.86. The maximum atomic E-state index is 11.9. The van der Waals surface area contributed by atoms with Gasteiger partial charge < -0.3 is 10.2 Å². The van der Waals surface area contributed by atoms with Gasteiger partial charge in [0.25, 0.3) is 0 Å². The van der Waals surface area contributed by atoms with Crippen LogP contribution >= 0.6 is 0 Å². The predicted molar refractivity (Wildman–Crippen MR) is 71.2 cm³/mol. The number of likely N-dealkylation sites (tertiary alicyclic amines) is 1. The maximum absolute atomic E-state index is 11.9. The molecule has 0 radical (unpaired) electrons. The van der Waals surface area contributed by atoms with E-state index in [-0.39, 0.29) is 23.9 Å². The SMILES string of the molecule is CCN(CC)CC(C)NC1CC(=O)N(CC)C1=O. The molecule has 2 atom stereocenters. The second kappa shape index (κ2) is 6.85. The lowest BCUT2D eigenvalue weighted by molar-refractivity contribution is -0.138. The van der Waals surface area contributed by atoms with Gasteiger partial charge in [0.1, 0.15) is 0 Å². The summed E-state index contributed by atoms with van der Waals surface area (Å²) in [6.45, 7) is 11.5. The molecule has 1 N–H and O–H groups in total. The monoisotopic (exact) mass is 255 g/mol. The number of rotatable bonds is 7. The molecule has 0 aromatic rings. The van der Waals surface area contributed by atoms with Gasteiger partial charge in [0.05, 0.1) is 12.5 Å². The number of hydrogen-bond acceptors (Lipinski definition) is 4. The molecule has 1 fully saturated rings. The molecule has 1 aliphatic heterocycles. The van der Waals surface area contributed by atoms with Gasteiger partial charge in [0, 0.05) is 19.1 Å². The highest BCUT2D eigenvalue weighted by Gasteiger charge is 2.37. The summed E-state index contributed by atoms with van der Waals surface area (Å²) in [6.07, 6.45) is 0.301. The lowest BCUT2D eigenvalue weighted by atomic mass is 10.2. The Morgan fingerprint density at radius 1 is 1.33 bits per heavy atom. The van der Waals surface area contributed by atoms with Crippen LogP contribution < -0.4 is 5.32 Å². The van der Waals surface area contributed by atoms with Gasteiger partial charge in [-0.15, -0.1) is 0 Å². The van der Waals surface area contributed by atoms with Gasteiger partial charge in [-0.3, -0.25) is 14.5 Å². The average molecular weight is 255 g/mol. The Morgan fingerprint density at radius 2 is 1.94 bits per heavy atom. The van der Waals surface area contributed by atoms with Gasteiger partial charge in [-0.1, -0.05) is 13.8 Å². The van der Waals surface area contributed by atoms with Crippen molar-refractivity contribution in [3.8, 4) is 0 Å². The summed E-state index contributed by atoms with van der Waals surface area (Å²) in [6, 6.07) is -0.119. The van der Waals surface area contributed by atoms with E-state index >= 15 is 0 Å². The smallest absolute Gasteiger partial charge is 0.246 e. The number of nitrogens with zero attached hydrogens (tertiary/aromatic N) is 2. The molecule has 1 saturated heterocycles. The van der Waals surface area contributed by atoms with Crippen LogP contribution in [0.1, 0.15) is 34.1 Å². The van der Waals surface area contributed by atoms with Gasteiger partial charge in [-0.25, -0.2) is 0 Å². The van der Waals surface area contributed by atoms with Gasteiger partial charge in [0.15, 0.2) is 0 Å². The van der Waals surface area contributed by atoms with Crippen molar-refractivity contribution in [2.45, 2.75) is 46.2 Å². The zero-order valence-corrected chi connectivity index (χ0v) is 11.9. The van der Waals surface area contributed by atoms with Crippen LogP contribution in [-0.4, -0.2) is 59.9 Å². The first-order chi connectivity index (χ1) is 8.53. The van der Waals surface area contributed by atoms with Gasteiger partial charge >= 0.3 is 0 Å². The Hall–Kier alpha value is -0.940. The van der Waals surface area contributed by atoms with E-state index in [4.69, 9.17) is 0 Å². The van der Waals surface area contributed by atoms with Crippen molar-refractivity contribution in [1.29, 1.82) is 0 Å². The highest BCUT2D eigenvalue weighted by Crippen LogP contribution is 2.13. The Bertz CT molecular complexity index is 303. The molecular formula is C13H25N3O2. The molecule has 5 heteroatoms. The first-order valence-corrected chi connectivity index (χ1v) is 6.86. The van der Waals surface area contributed by atoms with Gasteiger partial charge in [-0.05, 0) is 26.9 Å². The van der Waals surface area contributed by atoms with Gasteiger partial charge in [-0.2, -0.15) is 0 Å². The Morgan fingerprint density at radius 3 is 2.39 bits per heavy atom. The molecule has 18 heavy (non-hydrogen) atoms. The zero-order valence-electron chi connectivity index (χ0n) is 11.9. The molecule has 0 aromatic carbocycles. The van der Waals surface area contributed by atoms with E-state index in [1.807, 2.05) is 6.92 Å². The van der Waals surface area contributed by atoms with Crippen molar-refractivity contribution < 1.29 is 9.59 Å². The highest BCUT2D eigenvalue weighted by atomic mass is 16.2. The minimum Gasteiger partial charge on any atom is -0.302 e. The lowest BCUT2D eigenvalue weighted by Crippen LogP contribution is -2.47. The Kier molecular flexibility index (Phi) is 5.75. The summed E-state index contributed by atoms with van der Waals surface area (Å²) < 4.78 is 0. The first kappa shape index (κ1) is 15.1. The molecule has 2 unspecified atom stereocenters. The molecule has 2 amide bonds. The van der Waals surface area contributed by atoms with E-state index in [0.717, 1.165) is 19.6 Å². The quantitative estimate of drug-likeness (QED) is 0.671. The Labute approximate surface area is 110 Å². The van der Waals surface area contributed by atoms with E-state index in [2.05, 4.69) is 31.0 Å². The van der Waals surface area contributed by atoms with Gasteiger partial charge in [0.2, 0.25) is 11.8 Å².